The lowest BCUT2D eigenvalue weighted by molar-refractivity contribution is 0.0743. The summed E-state index contributed by atoms with van der Waals surface area (Å²) in [5.41, 5.74) is 7.13. The van der Waals surface area contributed by atoms with E-state index in [0.29, 0.717) is 12.2 Å². The van der Waals surface area contributed by atoms with E-state index in [-0.39, 0.29) is 5.91 Å². The minimum absolute atomic E-state index is 0.0556. The molecule has 1 heterocycles. The van der Waals surface area contributed by atoms with Gasteiger partial charge in [0.2, 0.25) is 0 Å². The number of nitrogens with two attached hydrogens (primary N) is 1. The molecule has 0 bridgehead atoms. The van der Waals surface area contributed by atoms with Gasteiger partial charge in [-0.05, 0) is 31.9 Å². The van der Waals surface area contributed by atoms with Crippen LogP contribution in [0.3, 0.4) is 0 Å². The quantitative estimate of drug-likeness (QED) is 0.792. The van der Waals surface area contributed by atoms with Crippen molar-refractivity contribution in [2.45, 2.75) is 33.1 Å². The average molecular weight is 252 g/mol. The van der Waals surface area contributed by atoms with E-state index in [2.05, 4.69) is 12.0 Å². The Bertz CT molecular complexity index is 386. The second-order valence-electron chi connectivity index (χ2n) is 4.43. The van der Waals surface area contributed by atoms with E-state index in [1.165, 1.54) is 0 Å². The molecule has 1 amide bonds. The van der Waals surface area contributed by atoms with Crippen molar-refractivity contribution in [2.75, 3.05) is 19.6 Å². The van der Waals surface area contributed by atoms with Gasteiger partial charge in [-0.3, -0.25) is 9.48 Å². The van der Waals surface area contributed by atoms with Gasteiger partial charge in [0.15, 0.2) is 0 Å². The van der Waals surface area contributed by atoms with E-state index < -0.39 is 0 Å². The fourth-order valence-corrected chi connectivity index (χ4v) is 1.93. The first-order chi connectivity index (χ1) is 8.63. The molecule has 102 valence electrons. The lowest BCUT2D eigenvalue weighted by atomic mass is 10.2. The predicted molar refractivity (Wildman–Crippen MR) is 72.5 cm³/mol. The van der Waals surface area contributed by atoms with Crippen LogP contribution < -0.4 is 5.73 Å². The van der Waals surface area contributed by atoms with E-state index in [1.54, 1.807) is 4.68 Å². The number of amides is 1. The van der Waals surface area contributed by atoms with Crippen LogP contribution in [0.25, 0.3) is 0 Å². The van der Waals surface area contributed by atoms with Gasteiger partial charge in [0.1, 0.15) is 5.69 Å². The minimum atomic E-state index is 0.0556. The molecule has 0 spiro atoms. The number of hydrogen-bond donors (Lipinski definition) is 1. The molecule has 0 aliphatic rings. The highest BCUT2D eigenvalue weighted by Crippen LogP contribution is 2.09. The van der Waals surface area contributed by atoms with Crippen LogP contribution in [0.15, 0.2) is 6.07 Å². The molecular weight excluding hydrogens is 228 g/mol. The Morgan fingerprint density at radius 3 is 2.67 bits per heavy atom. The van der Waals surface area contributed by atoms with Gasteiger partial charge in [-0.1, -0.05) is 13.8 Å². The van der Waals surface area contributed by atoms with Crippen LogP contribution in [-0.2, 0) is 13.5 Å². The Morgan fingerprint density at radius 1 is 1.44 bits per heavy atom. The molecule has 1 aromatic heterocycles. The zero-order valence-corrected chi connectivity index (χ0v) is 11.6. The second-order valence-corrected chi connectivity index (χ2v) is 4.43. The third kappa shape index (κ3) is 3.57. The van der Waals surface area contributed by atoms with Gasteiger partial charge in [0.25, 0.3) is 5.91 Å². The predicted octanol–water partition coefficient (Wildman–Crippen LogP) is 1.18. The molecule has 0 aliphatic heterocycles. The number of carbonyl (C=O) groups excluding carboxylic acids is 1. The van der Waals surface area contributed by atoms with Crippen molar-refractivity contribution in [2.24, 2.45) is 12.8 Å². The molecule has 0 radical (unpaired) electrons. The molecule has 0 saturated heterocycles. The summed E-state index contributed by atoms with van der Waals surface area (Å²) in [5, 5.41) is 4.32. The van der Waals surface area contributed by atoms with Gasteiger partial charge in [0.05, 0.1) is 5.69 Å². The molecule has 2 N–H and O–H groups in total. The van der Waals surface area contributed by atoms with Crippen molar-refractivity contribution in [1.82, 2.24) is 14.7 Å². The van der Waals surface area contributed by atoms with Crippen molar-refractivity contribution in [3.8, 4) is 0 Å². The van der Waals surface area contributed by atoms with Crippen LogP contribution in [-0.4, -0.2) is 40.2 Å². The molecule has 0 fully saturated rings. The molecule has 1 aromatic rings. The van der Waals surface area contributed by atoms with Crippen molar-refractivity contribution in [3.05, 3.63) is 17.5 Å². The lowest BCUT2D eigenvalue weighted by Gasteiger charge is -2.21. The Morgan fingerprint density at radius 2 is 2.17 bits per heavy atom. The largest absolute Gasteiger partial charge is 0.337 e. The Hall–Kier alpha value is -1.36. The summed E-state index contributed by atoms with van der Waals surface area (Å²) in [5.74, 6) is 0.0556. The third-order valence-corrected chi connectivity index (χ3v) is 2.92. The summed E-state index contributed by atoms with van der Waals surface area (Å²) in [6.45, 7) is 6.21. The van der Waals surface area contributed by atoms with Crippen LogP contribution in [0.1, 0.15) is 42.9 Å². The van der Waals surface area contributed by atoms with Crippen LogP contribution in [0.2, 0.25) is 0 Å². The van der Waals surface area contributed by atoms with Crippen LogP contribution in [0.5, 0.6) is 0 Å². The van der Waals surface area contributed by atoms with Gasteiger partial charge in [-0.2, -0.15) is 5.10 Å². The zero-order valence-electron chi connectivity index (χ0n) is 11.6. The van der Waals surface area contributed by atoms with Crippen molar-refractivity contribution in [1.29, 1.82) is 0 Å². The number of nitrogens with zero attached hydrogens (tertiary/aromatic N) is 3. The summed E-state index contributed by atoms with van der Waals surface area (Å²) in [6.07, 6.45) is 2.64. The summed E-state index contributed by atoms with van der Waals surface area (Å²) >= 11 is 0. The van der Waals surface area contributed by atoms with E-state index in [0.717, 1.165) is 38.0 Å². The lowest BCUT2D eigenvalue weighted by Crippen LogP contribution is -2.34. The standard InChI is InChI=1S/C13H24N4O/c1-4-8-17(9-6-7-14)13(18)12-10-11(5-2)15-16(12)3/h10H,4-9,14H2,1-3H3. The molecule has 0 saturated carbocycles. The fourth-order valence-electron chi connectivity index (χ4n) is 1.93. The summed E-state index contributed by atoms with van der Waals surface area (Å²) < 4.78 is 1.67. The first-order valence-electron chi connectivity index (χ1n) is 6.66. The molecule has 1 rings (SSSR count). The van der Waals surface area contributed by atoms with Crippen LogP contribution >= 0.6 is 0 Å². The molecule has 18 heavy (non-hydrogen) atoms. The van der Waals surface area contributed by atoms with Gasteiger partial charge >= 0.3 is 0 Å². The Balaban J connectivity index is 2.83. The molecule has 0 aliphatic carbocycles. The molecule has 5 heteroatoms. The first kappa shape index (κ1) is 14.7. The highest BCUT2D eigenvalue weighted by Gasteiger charge is 2.18. The van der Waals surface area contributed by atoms with Gasteiger partial charge in [-0.25, -0.2) is 0 Å². The van der Waals surface area contributed by atoms with Crippen molar-refractivity contribution < 1.29 is 4.79 Å². The molecule has 0 unspecified atom stereocenters. The van der Waals surface area contributed by atoms with Gasteiger partial charge < -0.3 is 10.6 Å². The number of aryl methyl sites for hydroxylation is 2. The minimum Gasteiger partial charge on any atom is -0.337 e. The third-order valence-electron chi connectivity index (χ3n) is 2.92. The van der Waals surface area contributed by atoms with Gasteiger partial charge in [-0.15, -0.1) is 0 Å². The number of aromatic nitrogens is 2. The van der Waals surface area contributed by atoms with Crippen molar-refractivity contribution >= 4 is 5.91 Å². The maximum Gasteiger partial charge on any atom is 0.272 e. The average Bonchev–Trinajstić information content (AvgIpc) is 2.75. The highest BCUT2D eigenvalue weighted by atomic mass is 16.2. The monoisotopic (exact) mass is 252 g/mol. The van der Waals surface area contributed by atoms with Crippen LogP contribution in [0.4, 0.5) is 0 Å². The van der Waals surface area contributed by atoms with E-state index >= 15 is 0 Å². The highest BCUT2D eigenvalue weighted by molar-refractivity contribution is 5.92. The normalized spacial score (nSPS) is 10.7. The number of carbonyl (C=O) groups is 1. The molecule has 0 atom stereocenters. The topological polar surface area (TPSA) is 64.2 Å². The first-order valence-corrected chi connectivity index (χ1v) is 6.66. The molecular formula is C13H24N4O. The summed E-state index contributed by atoms with van der Waals surface area (Å²) in [7, 11) is 1.82. The smallest absolute Gasteiger partial charge is 0.272 e. The maximum absolute atomic E-state index is 12.4. The second kappa shape index (κ2) is 7.16. The SMILES string of the molecule is CCCN(CCCN)C(=O)c1cc(CC)nn1C. The van der Waals surface area contributed by atoms with E-state index in [1.807, 2.05) is 24.9 Å². The Kier molecular flexibility index (Phi) is 5.85. The Labute approximate surface area is 109 Å². The maximum atomic E-state index is 12.4. The van der Waals surface area contributed by atoms with E-state index in [4.69, 9.17) is 5.73 Å². The van der Waals surface area contributed by atoms with Gasteiger partial charge in [0, 0.05) is 20.1 Å². The summed E-state index contributed by atoms with van der Waals surface area (Å²) in [4.78, 5) is 14.3. The zero-order chi connectivity index (χ0) is 13.5. The summed E-state index contributed by atoms with van der Waals surface area (Å²) in [6, 6.07) is 1.88. The number of rotatable bonds is 7. The fraction of sp³-hybridized carbons (Fsp3) is 0.692. The molecule has 5 nitrogen and oxygen atoms in total. The van der Waals surface area contributed by atoms with Crippen molar-refractivity contribution in [3.63, 3.8) is 0 Å². The molecule has 0 aromatic carbocycles. The van der Waals surface area contributed by atoms with E-state index in [9.17, 15) is 4.79 Å². The van der Waals surface area contributed by atoms with Crippen LogP contribution in [0, 0.1) is 0 Å². The number of hydrogen-bond acceptors (Lipinski definition) is 3.